The quantitative estimate of drug-likeness (QED) is 0.325. The van der Waals surface area contributed by atoms with Gasteiger partial charge in [0, 0.05) is 23.9 Å². The molecule has 1 heterocycles. The van der Waals surface area contributed by atoms with Crippen molar-refractivity contribution >= 4 is 22.9 Å². The first kappa shape index (κ1) is 20.7. The third kappa shape index (κ3) is 3.91. The fourth-order valence-corrected chi connectivity index (χ4v) is 3.50. The van der Waals surface area contributed by atoms with E-state index in [4.69, 9.17) is 0 Å². The Balaban J connectivity index is 2.11. The molecule has 0 unspecified atom stereocenters. The molecule has 0 N–H and O–H groups in total. The molecule has 0 aliphatic carbocycles. The normalized spacial score (nSPS) is 16.2. The van der Waals surface area contributed by atoms with Crippen LogP contribution in [0.4, 0.5) is 23.2 Å². The third-order valence-corrected chi connectivity index (χ3v) is 5.26. The number of anilines is 1. The van der Waals surface area contributed by atoms with Gasteiger partial charge in [-0.15, -0.1) is 0 Å². The molecular formula is C23H20F4N2. The average molecular weight is 400 g/mol. The van der Waals surface area contributed by atoms with Gasteiger partial charge >= 0.3 is 6.18 Å². The number of nitriles is 1. The molecule has 0 saturated heterocycles. The lowest BCUT2D eigenvalue weighted by molar-refractivity contribution is -0.137. The molecule has 2 aromatic rings. The number of benzene rings is 2. The minimum Gasteiger partial charge on any atom is -0.365 e. The molecular weight excluding hydrogens is 380 g/mol. The third-order valence-electron chi connectivity index (χ3n) is 5.26. The monoisotopic (exact) mass is 400 g/mol. The van der Waals surface area contributed by atoms with E-state index < -0.39 is 17.6 Å². The van der Waals surface area contributed by atoms with Crippen molar-refractivity contribution in [3.8, 4) is 6.07 Å². The van der Waals surface area contributed by atoms with Crippen molar-refractivity contribution in [1.82, 2.24) is 0 Å². The van der Waals surface area contributed by atoms with E-state index in [1.54, 1.807) is 6.07 Å². The first-order chi connectivity index (χ1) is 13.4. The van der Waals surface area contributed by atoms with Gasteiger partial charge in [0.2, 0.25) is 0 Å². The highest BCUT2D eigenvalue weighted by molar-refractivity contribution is 5.91. The fourth-order valence-electron chi connectivity index (χ4n) is 3.50. The maximum Gasteiger partial charge on any atom is 0.416 e. The highest BCUT2D eigenvalue weighted by Crippen LogP contribution is 2.39. The predicted octanol–water partition coefficient (Wildman–Crippen LogP) is 6.54. The van der Waals surface area contributed by atoms with Gasteiger partial charge in [0.1, 0.15) is 5.82 Å². The van der Waals surface area contributed by atoms with Gasteiger partial charge in [-0.2, -0.15) is 18.4 Å². The van der Waals surface area contributed by atoms with Crippen LogP contribution in [-0.4, -0.2) is 12.6 Å². The van der Waals surface area contributed by atoms with Crippen molar-refractivity contribution in [3.63, 3.8) is 0 Å². The Morgan fingerprint density at radius 2 is 1.86 bits per heavy atom. The molecule has 2 aromatic carbocycles. The lowest BCUT2D eigenvalue weighted by Gasteiger charge is -2.40. The molecule has 1 aliphatic rings. The average Bonchev–Trinajstić information content (AvgIpc) is 2.64. The van der Waals surface area contributed by atoms with Crippen LogP contribution < -0.4 is 4.90 Å². The minimum absolute atomic E-state index is 0.0407. The summed E-state index contributed by atoms with van der Waals surface area (Å²) in [6.07, 6.45) is -1.16. The summed E-state index contributed by atoms with van der Waals surface area (Å²) in [5.74, 6) is -0.541. The number of alkyl halides is 3. The first-order valence-corrected chi connectivity index (χ1v) is 9.00. The first-order valence-electron chi connectivity index (χ1n) is 9.00. The second-order valence-electron chi connectivity index (χ2n) is 7.68. The molecule has 0 spiro atoms. The second-order valence-corrected chi connectivity index (χ2v) is 7.68. The van der Waals surface area contributed by atoms with Crippen LogP contribution in [0, 0.1) is 17.1 Å². The summed E-state index contributed by atoms with van der Waals surface area (Å²) in [6, 6.07) is 9.39. The summed E-state index contributed by atoms with van der Waals surface area (Å²) in [5.41, 5.74) is 1.57. The van der Waals surface area contributed by atoms with Crippen LogP contribution in [-0.2, 0) is 6.18 Å². The molecule has 6 heteroatoms. The fraction of sp³-hybridized carbons (Fsp3) is 0.261. The van der Waals surface area contributed by atoms with Gasteiger partial charge in [0.25, 0.3) is 0 Å². The molecule has 0 aromatic heterocycles. The maximum atomic E-state index is 14.8. The second kappa shape index (κ2) is 7.07. The van der Waals surface area contributed by atoms with E-state index in [-0.39, 0.29) is 22.2 Å². The minimum atomic E-state index is -4.52. The lowest BCUT2D eigenvalue weighted by atomic mass is 9.88. The van der Waals surface area contributed by atoms with E-state index in [2.05, 4.69) is 6.08 Å². The van der Waals surface area contributed by atoms with Crippen molar-refractivity contribution in [2.45, 2.75) is 32.5 Å². The summed E-state index contributed by atoms with van der Waals surface area (Å²) in [5, 5.41) is 9.48. The molecule has 0 bridgehead atoms. The number of allylic oxidation sites excluding steroid dienone is 2. The molecule has 0 saturated carbocycles. The molecule has 29 heavy (non-hydrogen) atoms. The van der Waals surface area contributed by atoms with Crippen LogP contribution in [0.25, 0.3) is 17.2 Å². The van der Waals surface area contributed by atoms with Crippen LogP contribution in [0.1, 0.15) is 43.0 Å². The maximum absolute atomic E-state index is 14.8. The molecule has 0 radical (unpaired) electrons. The van der Waals surface area contributed by atoms with E-state index in [0.717, 1.165) is 29.0 Å². The molecule has 0 amide bonds. The van der Waals surface area contributed by atoms with Crippen LogP contribution >= 0.6 is 0 Å². The summed E-state index contributed by atoms with van der Waals surface area (Å²) in [6.45, 7) is 5.97. The smallest absolute Gasteiger partial charge is 0.365 e. The van der Waals surface area contributed by atoms with Gasteiger partial charge in [-0.25, -0.2) is 4.39 Å². The molecule has 3 rings (SSSR count). The number of hydrogen-bond donors (Lipinski definition) is 0. The van der Waals surface area contributed by atoms with Crippen molar-refractivity contribution in [1.29, 1.82) is 5.26 Å². The summed E-state index contributed by atoms with van der Waals surface area (Å²) in [7, 11) is 1.88. The van der Waals surface area contributed by atoms with Gasteiger partial charge in [-0.3, -0.25) is 0 Å². The van der Waals surface area contributed by atoms with Crippen molar-refractivity contribution in [2.75, 3.05) is 11.9 Å². The largest absolute Gasteiger partial charge is 0.416 e. The molecule has 0 atom stereocenters. The van der Waals surface area contributed by atoms with Crippen molar-refractivity contribution < 1.29 is 17.6 Å². The number of halogens is 4. The Morgan fingerprint density at radius 3 is 2.48 bits per heavy atom. The van der Waals surface area contributed by atoms with E-state index >= 15 is 0 Å². The van der Waals surface area contributed by atoms with E-state index in [0.29, 0.717) is 0 Å². The zero-order chi connectivity index (χ0) is 21.6. The van der Waals surface area contributed by atoms with Crippen molar-refractivity contribution in [3.05, 3.63) is 70.5 Å². The topological polar surface area (TPSA) is 27.0 Å². The predicted molar refractivity (Wildman–Crippen MR) is 107 cm³/mol. The zero-order valence-corrected chi connectivity index (χ0v) is 16.5. The van der Waals surface area contributed by atoms with E-state index in [1.165, 1.54) is 24.3 Å². The number of nitrogens with zero attached hydrogens (tertiary/aromatic N) is 2. The number of rotatable bonds is 2. The highest BCUT2D eigenvalue weighted by Gasteiger charge is 2.31. The molecule has 1 aliphatic heterocycles. The van der Waals surface area contributed by atoms with Crippen LogP contribution in [0.5, 0.6) is 0 Å². The Bertz CT molecular complexity index is 1070. The van der Waals surface area contributed by atoms with E-state index in [1.807, 2.05) is 38.8 Å². The summed E-state index contributed by atoms with van der Waals surface area (Å²) < 4.78 is 53.8. The van der Waals surface area contributed by atoms with Crippen LogP contribution in [0.2, 0.25) is 0 Å². The standard InChI is InChI=1S/C23H20F4N2/c1-14-12-22(2,3)29(4)21-11-20(24)16(10-19(14)21)8-17(13-28)15-6-5-7-18(9-15)23(25,26)27/h5-12H,1-4H3/b17-8+. The SMILES string of the molecule is CC1=CC(C)(C)N(C)c2cc(F)c(/C=C(\C#N)c3cccc(C(F)(F)F)c3)cc21. The Hall–Kier alpha value is -3.07. The summed E-state index contributed by atoms with van der Waals surface area (Å²) >= 11 is 0. The highest BCUT2D eigenvalue weighted by atomic mass is 19.4. The van der Waals surface area contributed by atoms with Gasteiger partial charge in [0.15, 0.2) is 0 Å². The zero-order valence-electron chi connectivity index (χ0n) is 16.5. The van der Waals surface area contributed by atoms with Gasteiger partial charge in [-0.05, 0) is 62.2 Å². The Kier molecular flexibility index (Phi) is 5.04. The number of likely N-dealkylation sites (N-methyl/N-ethyl adjacent to an activating group) is 1. The van der Waals surface area contributed by atoms with E-state index in [9.17, 15) is 22.8 Å². The van der Waals surface area contributed by atoms with Gasteiger partial charge in [0.05, 0.1) is 22.7 Å². The molecule has 150 valence electrons. The summed E-state index contributed by atoms with van der Waals surface area (Å²) in [4.78, 5) is 1.96. The number of hydrogen-bond acceptors (Lipinski definition) is 2. The van der Waals surface area contributed by atoms with Crippen LogP contribution in [0.15, 0.2) is 42.5 Å². The van der Waals surface area contributed by atoms with Crippen LogP contribution in [0.3, 0.4) is 0 Å². The molecule has 2 nitrogen and oxygen atoms in total. The van der Waals surface area contributed by atoms with Gasteiger partial charge in [-0.1, -0.05) is 18.2 Å². The molecule has 0 fully saturated rings. The Labute approximate surface area is 167 Å². The lowest BCUT2D eigenvalue weighted by Crippen LogP contribution is -2.42. The Morgan fingerprint density at radius 1 is 1.17 bits per heavy atom. The number of fused-ring (bicyclic) bond motifs is 1. The van der Waals surface area contributed by atoms with Crippen molar-refractivity contribution in [2.24, 2.45) is 0 Å². The van der Waals surface area contributed by atoms with Gasteiger partial charge < -0.3 is 4.90 Å².